The Morgan fingerprint density at radius 1 is 1.12 bits per heavy atom. The van der Waals surface area contributed by atoms with Crippen molar-refractivity contribution in [3.8, 4) is 16.9 Å². The number of nitrogens with zero attached hydrogens (tertiary/aromatic N) is 1. The molecule has 0 fully saturated rings. The van der Waals surface area contributed by atoms with Gasteiger partial charge in [0.25, 0.3) is 0 Å². The number of carbonyl (C=O) groups is 1. The molecule has 0 saturated carbocycles. The first kappa shape index (κ1) is 17.9. The Hall–Kier alpha value is -2.93. The molecule has 3 aromatic rings. The highest BCUT2D eigenvalue weighted by molar-refractivity contribution is 7.90. The van der Waals surface area contributed by atoms with E-state index in [1.807, 2.05) is 6.07 Å². The molecular formula is C19H17NO5S. The van der Waals surface area contributed by atoms with Crippen molar-refractivity contribution in [2.45, 2.75) is 17.7 Å². The van der Waals surface area contributed by atoms with Gasteiger partial charge in [0.1, 0.15) is 12.0 Å². The quantitative estimate of drug-likeness (QED) is 0.488. The average molecular weight is 371 g/mol. The zero-order valence-electron chi connectivity index (χ0n) is 14.1. The molecule has 0 unspecified atom stereocenters. The monoisotopic (exact) mass is 371 g/mol. The van der Waals surface area contributed by atoms with E-state index in [2.05, 4.69) is 4.98 Å². The third-order valence-electron chi connectivity index (χ3n) is 3.71. The van der Waals surface area contributed by atoms with Crippen molar-refractivity contribution in [1.29, 1.82) is 0 Å². The smallest absolute Gasteiger partial charge is 0.311 e. The molecule has 0 aliphatic rings. The van der Waals surface area contributed by atoms with Gasteiger partial charge in [-0.1, -0.05) is 24.3 Å². The molecule has 0 spiro atoms. The van der Waals surface area contributed by atoms with Gasteiger partial charge in [-0.25, -0.2) is 13.4 Å². The normalized spacial score (nSPS) is 11.3. The van der Waals surface area contributed by atoms with Gasteiger partial charge in [0.2, 0.25) is 0 Å². The zero-order valence-corrected chi connectivity index (χ0v) is 14.9. The minimum atomic E-state index is -3.23. The molecule has 6 nitrogen and oxygen atoms in total. The lowest BCUT2D eigenvalue weighted by Gasteiger charge is -2.07. The van der Waals surface area contributed by atoms with E-state index < -0.39 is 9.84 Å². The van der Waals surface area contributed by atoms with Crippen LogP contribution in [0.15, 0.2) is 70.3 Å². The second-order valence-corrected chi connectivity index (χ2v) is 7.74. The molecule has 2 aromatic carbocycles. The SMILES string of the molecule is CS(=O)(=O)c1ccc(-c2cccc(OC(=O)CCc3ncco3)c2)cc1. The summed E-state index contributed by atoms with van der Waals surface area (Å²) in [7, 11) is -3.23. The van der Waals surface area contributed by atoms with Gasteiger partial charge in [-0.3, -0.25) is 4.79 Å². The predicted octanol–water partition coefficient (Wildman–Crippen LogP) is 3.28. The van der Waals surface area contributed by atoms with E-state index in [-0.39, 0.29) is 17.3 Å². The highest BCUT2D eigenvalue weighted by Gasteiger charge is 2.10. The summed E-state index contributed by atoms with van der Waals surface area (Å²) >= 11 is 0. The molecule has 0 amide bonds. The molecule has 0 atom stereocenters. The summed E-state index contributed by atoms with van der Waals surface area (Å²) in [6, 6.07) is 13.6. The third-order valence-corrected chi connectivity index (χ3v) is 4.84. The van der Waals surface area contributed by atoms with Crippen molar-refractivity contribution in [3.05, 3.63) is 66.9 Å². The second kappa shape index (κ2) is 7.53. The lowest BCUT2D eigenvalue weighted by atomic mass is 10.1. The summed E-state index contributed by atoms with van der Waals surface area (Å²) in [6.45, 7) is 0. The fourth-order valence-electron chi connectivity index (χ4n) is 2.40. The van der Waals surface area contributed by atoms with E-state index in [1.165, 1.54) is 18.7 Å². The van der Waals surface area contributed by atoms with Gasteiger partial charge in [-0.15, -0.1) is 0 Å². The van der Waals surface area contributed by atoms with Gasteiger partial charge < -0.3 is 9.15 Å². The van der Waals surface area contributed by atoms with E-state index in [9.17, 15) is 13.2 Å². The topological polar surface area (TPSA) is 86.5 Å². The van der Waals surface area contributed by atoms with Crippen molar-refractivity contribution in [2.75, 3.05) is 6.26 Å². The number of hydrogen-bond acceptors (Lipinski definition) is 6. The number of rotatable bonds is 6. The maximum absolute atomic E-state index is 12.0. The van der Waals surface area contributed by atoms with Gasteiger partial charge in [0, 0.05) is 12.7 Å². The molecule has 0 saturated heterocycles. The predicted molar refractivity (Wildman–Crippen MR) is 95.4 cm³/mol. The Bertz CT molecular complexity index is 993. The first-order chi connectivity index (χ1) is 12.4. The van der Waals surface area contributed by atoms with Crippen LogP contribution in [-0.2, 0) is 21.1 Å². The molecule has 26 heavy (non-hydrogen) atoms. The van der Waals surface area contributed by atoms with Crippen LogP contribution in [-0.4, -0.2) is 25.6 Å². The molecule has 1 heterocycles. The number of ether oxygens (including phenoxy) is 1. The Kier molecular flexibility index (Phi) is 5.18. The number of aromatic nitrogens is 1. The maximum Gasteiger partial charge on any atom is 0.311 e. The van der Waals surface area contributed by atoms with Crippen LogP contribution in [0.2, 0.25) is 0 Å². The lowest BCUT2D eigenvalue weighted by Crippen LogP contribution is -2.09. The highest BCUT2D eigenvalue weighted by Crippen LogP contribution is 2.25. The van der Waals surface area contributed by atoms with Crippen LogP contribution in [0, 0.1) is 0 Å². The van der Waals surface area contributed by atoms with Crippen molar-refractivity contribution < 1.29 is 22.4 Å². The van der Waals surface area contributed by atoms with Crippen molar-refractivity contribution in [3.63, 3.8) is 0 Å². The molecule has 0 radical (unpaired) electrons. The van der Waals surface area contributed by atoms with E-state index in [4.69, 9.17) is 9.15 Å². The van der Waals surface area contributed by atoms with Crippen LogP contribution in [0.1, 0.15) is 12.3 Å². The Morgan fingerprint density at radius 3 is 2.54 bits per heavy atom. The number of oxazole rings is 1. The van der Waals surface area contributed by atoms with E-state index >= 15 is 0 Å². The van der Waals surface area contributed by atoms with Gasteiger partial charge in [-0.2, -0.15) is 0 Å². The summed E-state index contributed by atoms with van der Waals surface area (Å²) in [5, 5.41) is 0. The van der Waals surface area contributed by atoms with Crippen molar-refractivity contribution >= 4 is 15.8 Å². The Balaban J connectivity index is 1.68. The Morgan fingerprint density at radius 2 is 1.88 bits per heavy atom. The van der Waals surface area contributed by atoms with Gasteiger partial charge in [0.05, 0.1) is 17.5 Å². The molecule has 0 aliphatic carbocycles. The summed E-state index contributed by atoms with van der Waals surface area (Å²) in [5.74, 6) is 0.529. The number of hydrogen-bond donors (Lipinski definition) is 0. The number of benzene rings is 2. The van der Waals surface area contributed by atoms with Crippen LogP contribution < -0.4 is 4.74 Å². The van der Waals surface area contributed by atoms with Crippen LogP contribution in [0.4, 0.5) is 0 Å². The number of esters is 1. The van der Waals surface area contributed by atoms with E-state index in [0.29, 0.717) is 18.1 Å². The van der Waals surface area contributed by atoms with Crippen LogP contribution >= 0.6 is 0 Å². The fraction of sp³-hybridized carbons (Fsp3) is 0.158. The van der Waals surface area contributed by atoms with Crippen LogP contribution in [0.5, 0.6) is 5.75 Å². The van der Waals surface area contributed by atoms with Gasteiger partial charge in [-0.05, 0) is 35.4 Å². The Labute approximate surface area is 151 Å². The summed E-state index contributed by atoms with van der Waals surface area (Å²) in [5.41, 5.74) is 1.65. The fourth-order valence-corrected chi connectivity index (χ4v) is 3.03. The molecule has 0 bridgehead atoms. The molecule has 7 heteroatoms. The van der Waals surface area contributed by atoms with Gasteiger partial charge >= 0.3 is 5.97 Å². The lowest BCUT2D eigenvalue weighted by molar-refractivity contribution is -0.134. The van der Waals surface area contributed by atoms with Crippen LogP contribution in [0.3, 0.4) is 0 Å². The average Bonchev–Trinajstić information content (AvgIpc) is 3.13. The number of carbonyl (C=O) groups excluding carboxylic acids is 1. The molecule has 1 aromatic heterocycles. The number of aryl methyl sites for hydroxylation is 1. The largest absolute Gasteiger partial charge is 0.449 e. The summed E-state index contributed by atoms with van der Waals surface area (Å²) in [4.78, 5) is 16.2. The summed E-state index contributed by atoms with van der Waals surface area (Å²) < 4.78 is 33.5. The first-order valence-electron chi connectivity index (χ1n) is 7.91. The standard InChI is InChI=1S/C19H17NO5S/c1-26(22,23)17-7-5-14(6-8-17)15-3-2-4-16(13-15)25-19(21)10-9-18-20-11-12-24-18/h2-8,11-13H,9-10H2,1H3. The minimum absolute atomic E-state index is 0.161. The van der Waals surface area contributed by atoms with E-state index in [0.717, 1.165) is 11.1 Å². The van der Waals surface area contributed by atoms with Crippen molar-refractivity contribution in [2.24, 2.45) is 0 Å². The molecule has 134 valence electrons. The first-order valence-corrected chi connectivity index (χ1v) is 9.80. The molecule has 0 N–H and O–H groups in total. The molecular weight excluding hydrogens is 354 g/mol. The van der Waals surface area contributed by atoms with Crippen LogP contribution in [0.25, 0.3) is 11.1 Å². The zero-order chi connectivity index (χ0) is 18.6. The maximum atomic E-state index is 12.0. The third kappa shape index (κ3) is 4.58. The molecule has 0 aliphatic heterocycles. The second-order valence-electron chi connectivity index (χ2n) is 5.72. The molecule has 3 rings (SSSR count). The minimum Gasteiger partial charge on any atom is -0.449 e. The van der Waals surface area contributed by atoms with Crippen molar-refractivity contribution in [1.82, 2.24) is 4.98 Å². The number of sulfone groups is 1. The van der Waals surface area contributed by atoms with Gasteiger partial charge in [0.15, 0.2) is 15.7 Å². The van der Waals surface area contributed by atoms with E-state index in [1.54, 1.807) is 42.5 Å². The summed E-state index contributed by atoms with van der Waals surface area (Å²) in [6.07, 6.45) is 4.69. The highest BCUT2D eigenvalue weighted by atomic mass is 32.2.